The molecule has 1 aromatic carbocycles. The third-order valence-corrected chi connectivity index (χ3v) is 6.42. The SMILES string of the molecule is CCCn1c(N)c(C(=O)CSc2nc3ccccc3c(=O)n2CCCOC(C)C)c(=O)n(C)c1=O. The molecule has 0 bridgehead atoms. The summed E-state index contributed by atoms with van der Waals surface area (Å²) in [5.74, 6) is -0.841. The summed E-state index contributed by atoms with van der Waals surface area (Å²) >= 11 is 1.06. The zero-order valence-corrected chi connectivity index (χ0v) is 21.3. The number of carbonyl (C=O) groups is 1. The molecule has 2 heterocycles. The molecule has 0 saturated heterocycles. The Hall–Kier alpha value is -3.18. The van der Waals surface area contributed by atoms with Crippen molar-refractivity contribution in [3.8, 4) is 0 Å². The van der Waals surface area contributed by atoms with E-state index < -0.39 is 17.0 Å². The van der Waals surface area contributed by atoms with Crippen molar-refractivity contribution in [2.45, 2.75) is 58.0 Å². The van der Waals surface area contributed by atoms with Crippen LogP contribution in [0.5, 0.6) is 0 Å². The number of nitrogen functional groups attached to an aromatic ring is 1. The first kappa shape index (κ1) is 26.4. The smallest absolute Gasteiger partial charge is 0.332 e. The van der Waals surface area contributed by atoms with Gasteiger partial charge < -0.3 is 10.5 Å². The van der Waals surface area contributed by atoms with Crippen molar-refractivity contribution in [2.75, 3.05) is 18.1 Å². The van der Waals surface area contributed by atoms with E-state index in [0.29, 0.717) is 42.1 Å². The summed E-state index contributed by atoms with van der Waals surface area (Å²) in [5.41, 5.74) is 4.87. The summed E-state index contributed by atoms with van der Waals surface area (Å²) in [7, 11) is 1.32. The van der Waals surface area contributed by atoms with Crippen LogP contribution in [0.1, 0.15) is 44.0 Å². The lowest BCUT2D eigenvalue weighted by atomic mass is 10.2. The largest absolute Gasteiger partial charge is 0.384 e. The van der Waals surface area contributed by atoms with Crippen LogP contribution < -0.4 is 22.5 Å². The predicted octanol–water partition coefficient (Wildman–Crippen LogP) is 2.04. The standard InChI is InChI=1S/C24H31N5O5S/c1-5-11-28-20(25)19(22(32)27(4)24(28)33)18(30)14-35-23-26-17-10-7-6-9-16(17)21(31)29(23)12-8-13-34-15(2)3/h6-7,9-10,15H,5,8,11-14,25H2,1-4H3. The molecular formula is C24H31N5O5S. The highest BCUT2D eigenvalue weighted by atomic mass is 32.2. The van der Waals surface area contributed by atoms with Gasteiger partial charge in [0, 0.05) is 26.7 Å². The van der Waals surface area contributed by atoms with E-state index in [2.05, 4.69) is 4.98 Å². The lowest BCUT2D eigenvalue weighted by Gasteiger charge is -2.15. The van der Waals surface area contributed by atoms with Gasteiger partial charge in [-0.15, -0.1) is 0 Å². The first-order valence-electron chi connectivity index (χ1n) is 11.5. The predicted molar refractivity (Wildman–Crippen MR) is 137 cm³/mol. The number of nitrogens with two attached hydrogens (primary N) is 1. The lowest BCUT2D eigenvalue weighted by molar-refractivity contribution is 0.0743. The molecule has 0 spiro atoms. The number of thioether (sulfide) groups is 1. The third kappa shape index (κ3) is 5.73. The number of ketones is 1. The van der Waals surface area contributed by atoms with Gasteiger partial charge in [0.15, 0.2) is 10.9 Å². The van der Waals surface area contributed by atoms with Gasteiger partial charge in [0.1, 0.15) is 11.4 Å². The number of para-hydroxylation sites is 1. The Morgan fingerprint density at radius 2 is 1.83 bits per heavy atom. The molecule has 0 aliphatic rings. The van der Waals surface area contributed by atoms with E-state index in [4.69, 9.17) is 10.5 Å². The van der Waals surface area contributed by atoms with E-state index in [1.807, 2.05) is 20.8 Å². The van der Waals surface area contributed by atoms with Crippen molar-refractivity contribution in [2.24, 2.45) is 7.05 Å². The van der Waals surface area contributed by atoms with Gasteiger partial charge in [-0.2, -0.15) is 0 Å². The van der Waals surface area contributed by atoms with E-state index >= 15 is 0 Å². The average Bonchev–Trinajstić information content (AvgIpc) is 2.83. The molecule has 0 amide bonds. The van der Waals surface area contributed by atoms with Crippen molar-refractivity contribution in [1.29, 1.82) is 0 Å². The van der Waals surface area contributed by atoms with Crippen molar-refractivity contribution >= 4 is 34.3 Å². The molecule has 0 fully saturated rings. The van der Waals surface area contributed by atoms with Gasteiger partial charge >= 0.3 is 5.69 Å². The molecule has 3 rings (SSSR count). The molecule has 3 aromatic rings. The number of nitrogens with zero attached hydrogens (tertiary/aromatic N) is 4. The number of hydrogen-bond acceptors (Lipinski definition) is 8. The number of anilines is 1. The summed E-state index contributed by atoms with van der Waals surface area (Å²) < 4.78 is 9.25. The number of rotatable bonds is 11. The minimum Gasteiger partial charge on any atom is -0.384 e. The average molecular weight is 502 g/mol. The monoisotopic (exact) mass is 501 g/mol. The molecule has 188 valence electrons. The van der Waals surface area contributed by atoms with Crippen LogP contribution in [0.2, 0.25) is 0 Å². The number of fused-ring (bicyclic) bond motifs is 1. The maximum Gasteiger partial charge on any atom is 0.332 e. The molecule has 0 unspecified atom stereocenters. The van der Waals surface area contributed by atoms with Gasteiger partial charge in [0.05, 0.1) is 22.8 Å². The van der Waals surface area contributed by atoms with E-state index in [-0.39, 0.29) is 35.3 Å². The Balaban J connectivity index is 1.94. The van der Waals surface area contributed by atoms with Crippen LogP contribution in [-0.4, -0.2) is 42.9 Å². The Kier molecular flexibility index (Phi) is 8.68. The molecule has 2 N–H and O–H groups in total. The molecule has 2 aromatic heterocycles. The maximum atomic E-state index is 13.2. The van der Waals surface area contributed by atoms with Crippen molar-refractivity contribution in [3.63, 3.8) is 0 Å². The van der Waals surface area contributed by atoms with Crippen LogP contribution in [0, 0.1) is 0 Å². The highest BCUT2D eigenvalue weighted by Crippen LogP contribution is 2.20. The van der Waals surface area contributed by atoms with Gasteiger partial charge in [-0.05, 0) is 38.8 Å². The molecule has 35 heavy (non-hydrogen) atoms. The van der Waals surface area contributed by atoms with Gasteiger partial charge in [-0.1, -0.05) is 30.8 Å². The second-order valence-electron chi connectivity index (χ2n) is 8.41. The molecular weight excluding hydrogens is 470 g/mol. The topological polar surface area (TPSA) is 131 Å². The Bertz CT molecular complexity index is 1410. The highest BCUT2D eigenvalue weighted by Gasteiger charge is 2.22. The van der Waals surface area contributed by atoms with E-state index in [9.17, 15) is 19.2 Å². The first-order valence-corrected chi connectivity index (χ1v) is 12.5. The van der Waals surface area contributed by atoms with Gasteiger partial charge in [-0.25, -0.2) is 9.78 Å². The van der Waals surface area contributed by atoms with Gasteiger partial charge in [0.2, 0.25) is 0 Å². The van der Waals surface area contributed by atoms with Crippen molar-refractivity contribution in [1.82, 2.24) is 18.7 Å². The molecule has 0 aliphatic heterocycles. The first-order chi connectivity index (χ1) is 16.7. The summed E-state index contributed by atoms with van der Waals surface area (Å²) in [6.07, 6.45) is 1.28. The second kappa shape index (κ2) is 11.5. The van der Waals surface area contributed by atoms with E-state index in [1.165, 1.54) is 16.2 Å². The van der Waals surface area contributed by atoms with Crippen LogP contribution in [0.15, 0.2) is 43.8 Å². The van der Waals surface area contributed by atoms with Crippen molar-refractivity contribution in [3.05, 3.63) is 61.0 Å². The van der Waals surface area contributed by atoms with Crippen LogP contribution in [-0.2, 0) is 24.9 Å². The van der Waals surface area contributed by atoms with Crippen LogP contribution >= 0.6 is 11.8 Å². The fourth-order valence-corrected chi connectivity index (χ4v) is 4.58. The summed E-state index contributed by atoms with van der Waals surface area (Å²) in [6.45, 7) is 6.88. The van der Waals surface area contributed by atoms with Crippen LogP contribution in [0.3, 0.4) is 0 Å². The van der Waals surface area contributed by atoms with Crippen LogP contribution in [0.25, 0.3) is 10.9 Å². The number of carbonyl (C=O) groups excluding carboxylic acids is 1. The third-order valence-electron chi connectivity index (χ3n) is 5.45. The number of benzene rings is 1. The number of hydrogen-bond donors (Lipinski definition) is 1. The Morgan fingerprint density at radius 1 is 1.11 bits per heavy atom. The maximum absolute atomic E-state index is 13.2. The van der Waals surface area contributed by atoms with E-state index in [1.54, 1.807) is 24.3 Å². The summed E-state index contributed by atoms with van der Waals surface area (Å²) in [6, 6.07) is 7.02. The van der Waals surface area contributed by atoms with E-state index in [0.717, 1.165) is 16.3 Å². The van der Waals surface area contributed by atoms with Crippen LogP contribution in [0.4, 0.5) is 5.82 Å². The minimum absolute atomic E-state index is 0.0805. The number of Topliss-reactive ketones (excluding diaryl/α,β-unsaturated/α-hetero) is 1. The molecule has 11 heteroatoms. The molecule has 10 nitrogen and oxygen atoms in total. The normalized spacial score (nSPS) is 11.5. The zero-order chi connectivity index (χ0) is 25.7. The fourth-order valence-electron chi connectivity index (χ4n) is 3.68. The molecule has 0 atom stereocenters. The number of ether oxygens (including phenoxy) is 1. The fraction of sp³-hybridized carbons (Fsp3) is 0.458. The lowest BCUT2D eigenvalue weighted by Crippen LogP contribution is -2.42. The molecule has 0 saturated carbocycles. The Morgan fingerprint density at radius 3 is 2.51 bits per heavy atom. The Labute approximate surface area is 206 Å². The van der Waals surface area contributed by atoms with Crippen molar-refractivity contribution < 1.29 is 9.53 Å². The highest BCUT2D eigenvalue weighted by molar-refractivity contribution is 7.99. The number of aromatic nitrogens is 4. The molecule has 0 radical (unpaired) electrons. The second-order valence-corrected chi connectivity index (χ2v) is 9.35. The minimum atomic E-state index is -0.736. The molecule has 0 aliphatic carbocycles. The summed E-state index contributed by atoms with van der Waals surface area (Å²) in [4.78, 5) is 56.0. The zero-order valence-electron chi connectivity index (χ0n) is 20.4. The van der Waals surface area contributed by atoms with Gasteiger partial charge in [-0.3, -0.25) is 28.1 Å². The quantitative estimate of drug-likeness (QED) is 0.183. The van der Waals surface area contributed by atoms with Gasteiger partial charge in [0.25, 0.3) is 11.1 Å². The summed E-state index contributed by atoms with van der Waals surface area (Å²) in [5, 5.41) is 0.849.